The Balaban J connectivity index is 2.77. The van der Waals surface area contributed by atoms with Gasteiger partial charge in [-0.3, -0.25) is 0 Å². The Kier molecular flexibility index (Phi) is 9.04. The van der Waals surface area contributed by atoms with Crippen LogP contribution in [0.4, 0.5) is 4.79 Å². The molecule has 0 saturated carbocycles. The Morgan fingerprint density at radius 3 is 2.50 bits per heavy atom. The van der Waals surface area contributed by atoms with E-state index >= 15 is 0 Å². The third kappa shape index (κ3) is 7.81. The number of carbonyl (C=O) groups is 2. The molecule has 1 heterocycles. The molecule has 0 unspecified atom stereocenters. The van der Waals surface area contributed by atoms with E-state index in [1.54, 1.807) is 32.4 Å². The van der Waals surface area contributed by atoms with Gasteiger partial charge >= 0.3 is 12.1 Å². The second-order valence-electron chi connectivity index (χ2n) is 6.82. The molecule has 1 aromatic rings. The van der Waals surface area contributed by atoms with Crippen LogP contribution in [-0.2, 0) is 22.6 Å². The number of alkyl carbamates (subject to hydrolysis) is 1. The summed E-state index contributed by atoms with van der Waals surface area (Å²) < 4.78 is 11.8. The molecule has 1 rings (SSSR count). The summed E-state index contributed by atoms with van der Waals surface area (Å²) in [6, 6.07) is 0. The minimum absolute atomic E-state index is 0.0622. The van der Waals surface area contributed by atoms with Crippen LogP contribution in [-0.4, -0.2) is 51.0 Å². The van der Waals surface area contributed by atoms with Gasteiger partial charge in [0.2, 0.25) is 0 Å². The Hall–Kier alpha value is -2.16. The lowest BCUT2D eigenvalue weighted by Crippen LogP contribution is -2.33. The minimum atomic E-state index is -0.612. The van der Waals surface area contributed by atoms with Crippen LogP contribution in [0, 0.1) is 0 Å². The van der Waals surface area contributed by atoms with E-state index in [9.17, 15) is 9.59 Å². The molecule has 0 fully saturated rings. The molecular formula is C17H30N4O5. The normalized spacial score (nSPS) is 11.3. The van der Waals surface area contributed by atoms with Crippen LogP contribution in [0.25, 0.3) is 0 Å². The predicted octanol–water partition coefficient (Wildman–Crippen LogP) is 2.03. The zero-order valence-electron chi connectivity index (χ0n) is 16.1. The summed E-state index contributed by atoms with van der Waals surface area (Å²) in [6.07, 6.45) is 2.85. The van der Waals surface area contributed by atoms with Crippen molar-refractivity contribution in [3.05, 3.63) is 11.4 Å². The zero-order chi connectivity index (χ0) is 19.6. The van der Waals surface area contributed by atoms with E-state index in [1.807, 2.05) is 0 Å². The fourth-order valence-corrected chi connectivity index (χ4v) is 2.24. The van der Waals surface area contributed by atoms with Crippen molar-refractivity contribution in [3.63, 3.8) is 0 Å². The average Bonchev–Trinajstić information content (AvgIpc) is 2.94. The fourth-order valence-electron chi connectivity index (χ4n) is 2.24. The molecule has 0 aliphatic rings. The van der Waals surface area contributed by atoms with Crippen molar-refractivity contribution in [2.45, 2.75) is 72.1 Å². The monoisotopic (exact) mass is 370 g/mol. The van der Waals surface area contributed by atoms with Gasteiger partial charge in [-0.25, -0.2) is 14.3 Å². The van der Waals surface area contributed by atoms with Crippen molar-refractivity contribution in [1.29, 1.82) is 0 Å². The highest BCUT2D eigenvalue weighted by molar-refractivity contribution is 5.88. The van der Waals surface area contributed by atoms with E-state index < -0.39 is 17.7 Å². The average molecular weight is 370 g/mol. The number of aliphatic hydroxyl groups is 1. The van der Waals surface area contributed by atoms with Gasteiger partial charge in [0.1, 0.15) is 5.60 Å². The largest absolute Gasteiger partial charge is 0.461 e. The van der Waals surface area contributed by atoms with Gasteiger partial charge in [0.25, 0.3) is 0 Å². The number of esters is 1. The van der Waals surface area contributed by atoms with Gasteiger partial charge in [-0.1, -0.05) is 18.1 Å². The van der Waals surface area contributed by atoms with Crippen LogP contribution in [0.5, 0.6) is 0 Å². The summed E-state index contributed by atoms with van der Waals surface area (Å²) in [4.78, 5) is 23.9. The van der Waals surface area contributed by atoms with Gasteiger partial charge < -0.3 is 19.9 Å². The number of nitrogens with zero attached hydrogens (tertiary/aromatic N) is 3. The summed E-state index contributed by atoms with van der Waals surface area (Å²) in [5.41, 5.74) is -0.0334. The molecule has 0 aromatic carbocycles. The minimum Gasteiger partial charge on any atom is -0.461 e. The van der Waals surface area contributed by atoms with Gasteiger partial charge in [0.15, 0.2) is 5.69 Å². The van der Waals surface area contributed by atoms with Crippen molar-refractivity contribution < 1.29 is 24.2 Å². The molecule has 9 nitrogen and oxygen atoms in total. The maximum absolute atomic E-state index is 12.1. The number of aliphatic hydroxyl groups excluding tert-OH is 1. The highest BCUT2D eigenvalue weighted by atomic mass is 16.6. The van der Waals surface area contributed by atoms with Gasteiger partial charge in [0.05, 0.1) is 18.8 Å². The topological polar surface area (TPSA) is 116 Å². The van der Waals surface area contributed by atoms with E-state index in [1.165, 1.54) is 0 Å². The van der Waals surface area contributed by atoms with Gasteiger partial charge in [-0.15, -0.1) is 5.10 Å². The van der Waals surface area contributed by atoms with E-state index in [2.05, 4.69) is 15.6 Å². The quantitative estimate of drug-likeness (QED) is 0.478. The second-order valence-corrected chi connectivity index (χ2v) is 6.82. The summed E-state index contributed by atoms with van der Waals surface area (Å²) in [6.45, 7) is 8.06. The molecular weight excluding hydrogens is 340 g/mol. The Bertz CT molecular complexity index is 580. The molecule has 148 valence electrons. The smallest absolute Gasteiger partial charge is 0.407 e. The third-order valence-electron chi connectivity index (χ3n) is 3.38. The number of ether oxygens (including phenoxy) is 2. The SMILES string of the molecule is CCOC(=O)c1nnn(CCCCCCO)c1CNC(=O)OC(C)(C)C. The zero-order valence-corrected chi connectivity index (χ0v) is 16.1. The predicted molar refractivity (Wildman–Crippen MR) is 94.6 cm³/mol. The number of rotatable bonds is 10. The second kappa shape index (κ2) is 10.7. The van der Waals surface area contributed by atoms with Gasteiger partial charge in [-0.05, 0) is 40.5 Å². The van der Waals surface area contributed by atoms with Crippen LogP contribution in [0.2, 0.25) is 0 Å². The molecule has 1 aromatic heterocycles. The number of unbranched alkanes of at least 4 members (excludes halogenated alkanes) is 3. The van der Waals surface area contributed by atoms with E-state index in [0.29, 0.717) is 12.2 Å². The molecule has 1 amide bonds. The molecule has 2 N–H and O–H groups in total. The molecule has 26 heavy (non-hydrogen) atoms. The highest BCUT2D eigenvalue weighted by Crippen LogP contribution is 2.11. The van der Waals surface area contributed by atoms with E-state index in [0.717, 1.165) is 25.7 Å². The molecule has 0 atom stereocenters. The number of amides is 1. The number of aromatic nitrogens is 3. The first-order valence-corrected chi connectivity index (χ1v) is 8.95. The Morgan fingerprint density at radius 1 is 1.19 bits per heavy atom. The van der Waals surface area contributed by atoms with Crippen molar-refractivity contribution in [3.8, 4) is 0 Å². The molecule has 0 saturated heterocycles. The summed E-state index contributed by atoms with van der Waals surface area (Å²) in [5.74, 6) is -0.569. The van der Waals surface area contributed by atoms with Crippen molar-refractivity contribution in [2.75, 3.05) is 13.2 Å². The van der Waals surface area contributed by atoms with E-state index in [4.69, 9.17) is 14.6 Å². The van der Waals surface area contributed by atoms with Crippen LogP contribution in [0.3, 0.4) is 0 Å². The van der Waals surface area contributed by atoms with Crippen LogP contribution >= 0.6 is 0 Å². The molecule has 0 radical (unpaired) electrons. The maximum Gasteiger partial charge on any atom is 0.407 e. The van der Waals surface area contributed by atoms with Crippen molar-refractivity contribution in [2.24, 2.45) is 0 Å². The molecule has 0 spiro atoms. The summed E-state index contributed by atoms with van der Waals surface area (Å²) in [5, 5.41) is 19.4. The highest BCUT2D eigenvalue weighted by Gasteiger charge is 2.22. The van der Waals surface area contributed by atoms with Crippen molar-refractivity contribution in [1.82, 2.24) is 20.3 Å². The number of hydrogen-bond acceptors (Lipinski definition) is 7. The van der Waals surface area contributed by atoms with Crippen LogP contribution in [0.15, 0.2) is 0 Å². The summed E-state index contributed by atoms with van der Waals surface area (Å²) >= 11 is 0. The van der Waals surface area contributed by atoms with Crippen LogP contribution < -0.4 is 5.32 Å². The Morgan fingerprint density at radius 2 is 1.88 bits per heavy atom. The molecule has 0 aliphatic carbocycles. The number of aryl methyl sites for hydroxylation is 1. The fraction of sp³-hybridized carbons (Fsp3) is 0.765. The number of nitrogens with one attached hydrogen (secondary N) is 1. The number of carbonyl (C=O) groups excluding carboxylic acids is 2. The van der Waals surface area contributed by atoms with Gasteiger partial charge in [0, 0.05) is 13.2 Å². The Labute approximate surface area is 154 Å². The lowest BCUT2D eigenvalue weighted by atomic mass is 10.2. The molecule has 0 aliphatic heterocycles. The summed E-state index contributed by atoms with van der Waals surface area (Å²) in [7, 11) is 0. The lowest BCUT2D eigenvalue weighted by Gasteiger charge is -2.19. The first-order chi connectivity index (χ1) is 12.3. The van der Waals surface area contributed by atoms with E-state index in [-0.39, 0.29) is 25.5 Å². The standard InChI is InChI=1S/C17H30N4O5/c1-5-25-15(23)14-13(12-18-16(24)26-17(2,3)4)21(20-19-14)10-8-6-7-9-11-22/h22H,5-12H2,1-4H3,(H,18,24). The van der Waals surface area contributed by atoms with Crippen molar-refractivity contribution >= 4 is 12.1 Å². The first kappa shape index (κ1) is 21.9. The molecule has 9 heteroatoms. The third-order valence-corrected chi connectivity index (χ3v) is 3.38. The van der Waals surface area contributed by atoms with Gasteiger partial charge in [-0.2, -0.15) is 0 Å². The van der Waals surface area contributed by atoms with Crippen LogP contribution in [0.1, 0.15) is 69.6 Å². The maximum atomic E-state index is 12.1. The first-order valence-electron chi connectivity index (χ1n) is 8.95. The molecule has 0 bridgehead atoms. The lowest BCUT2D eigenvalue weighted by molar-refractivity contribution is 0.0497. The number of hydrogen-bond donors (Lipinski definition) is 2.